The van der Waals surface area contributed by atoms with E-state index in [4.69, 9.17) is 9.47 Å². The van der Waals surface area contributed by atoms with Crippen molar-refractivity contribution in [2.45, 2.75) is 6.42 Å². The van der Waals surface area contributed by atoms with E-state index in [0.29, 0.717) is 5.95 Å². The third-order valence-corrected chi connectivity index (χ3v) is 0.902. The monoisotopic (exact) mass is 112 g/mol. The molecule has 0 aliphatic carbocycles. The first kappa shape index (κ1) is 5.22. The van der Waals surface area contributed by atoms with E-state index in [1.165, 1.54) is 0 Å². The van der Waals surface area contributed by atoms with Gasteiger partial charge in [0, 0.05) is 6.08 Å². The number of allylic oxidation sites excluding steroid dienone is 2. The molecule has 8 heavy (non-hydrogen) atoms. The van der Waals surface area contributed by atoms with Gasteiger partial charge in [-0.2, -0.15) is 0 Å². The van der Waals surface area contributed by atoms with Crippen molar-refractivity contribution < 1.29 is 9.47 Å². The van der Waals surface area contributed by atoms with Gasteiger partial charge in [-0.05, 0) is 12.5 Å². The van der Waals surface area contributed by atoms with E-state index in [-0.39, 0.29) is 0 Å². The zero-order valence-corrected chi connectivity index (χ0v) is 4.76. The average Bonchev–Trinajstić information content (AvgIpc) is 1.90. The molecule has 2 heteroatoms. The summed E-state index contributed by atoms with van der Waals surface area (Å²) in [6.07, 6.45) is 6.32. The number of ether oxygens (including phenoxy) is 2. The van der Waals surface area contributed by atoms with E-state index in [2.05, 4.69) is 0 Å². The Bertz CT molecular complexity index is 124. The van der Waals surface area contributed by atoms with Crippen molar-refractivity contribution in [3.63, 3.8) is 0 Å². The first-order valence-corrected chi connectivity index (χ1v) is 2.49. The van der Waals surface area contributed by atoms with Gasteiger partial charge in [-0.1, -0.05) is 0 Å². The molecule has 0 radical (unpaired) electrons. The van der Waals surface area contributed by atoms with Gasteiger partial charge < -0.3 is 9.47 Å². The summed E-state index contributed by atoms with van der Waals surface area (Å²) in [6, 6.07) is 0. The fourth-order valence-corrected chi connectivity index (χ4v) is 0.515. The van der Waals surface area contributed by atoms with Crippen LogP contribution in [0.5, 0.6) is 0 Å². The van der Waals surface area contributed by atoms with Crippen LogP contribution in [-0.2, 0) is 9.47 Å². The van der Waals surface area contributed by atoms with Crippen LogP contribution in [0.2, 0.25) is 0 Å². The average molecular weight is 112 g/mol. The zero-order chi connectivity index (χ0) is 5.82. The van der Waals surface area contributed by atoms with Gasteiger partial charge in [-0.25, -0.2) is 0 Å². The van der Waals surface area contributed by atoms with Crippen LogP contribution < -0.4 is 0 Å². The Morgan fingerprint density at radius 3 is 3.00 bits per heavy atom. The van der Waals surface area contributed by atoms with E-state index in [0.717, 1.165) is 6.42 Å². The lowest BCUT2D eigenvalue weighted by Crippen LogP contribution is -1.91. The third-order valence-electron chi connectivity index (χ3n) is 0.902. The highest BCUT2D eigenvalue weighted by atomic mass is 16.7. The van der Waals surface area contributed by atoms with Gasteiger partial charge >= 0.3 is 0 Å². The topological polar surface area (TPSA) is 18.5 Å². The Labute approximate surface area is 48.4 Å². The molecule has 0 fully saturated rings. The lowest BCUT2D eigenvalue weighted by atomic mass is 10.4. The minimum Gasteiger partial charge on any atom is -0.469 e. The van der Waals surface area contributed by atoms with Crippen molar-refractivity contribution in [2.24, 2.45) is 0 Å². The maximum atomic E-state index is 4.89. The molecule has 0 N–H and O–H groups in total. The highest BCUT2D eigenvalue weighted by Gasteiger charge is 1.94. The fourth-order valence-electron chi connectivity index (χ4n) is 0.515. The summed E-state index contributed by atoms with van der Waals surface area (Å²) >= 11 is 0. The van der Waals surface area contributed by atoms with E-state index < -0.39 is 0 Å². The molecule has 2 nitrogen and oxygen atoms in total. The number of methoxy groups -OCH3 is 1. The molecule has 0 saturated carbocycles. The predicted octanol–water partition coefficient (Wildman–Crippen LogP) is 1.41. The molecule has 0 atom stereocenters. The summed E-state index contributed by atoms with van der Waals surface area (Å²) in [5.41, 5.74) is 0. The second-order valence-corrected chi connectivity index (χ2v) is 1.45. The predicted molar refractivity (Wildman–Crippen MR) is 29.9 cm³/mol. The molecule has 0 spiro atoms. The standard InChI is InChI=1S/C6H8O2/c1-7-6-4-2-3-5-8-6/h3-5H,2H2,1H3. The molecule has 0 amide bonds. The molecule has 1 rings (SSSR count). The molecule has 44 valence electrons. The molecule has 0 saturated heterocycles. The molecule has 1 aliphatic rings. The van der Waals surface area contributed by atoms with Crippen LogP contribution in [0.1, 0.15) is 6.42 Å². The quantitative estimate of drug-likeness (QED) is 0.510. The van der Waals surface area contributed by atoms with E-state index >= 15 is 0 Å². The molecular weight excluding hydrogens is 104 g/mol. The molecule has 1 heterocycles. The van der Waals surface area contributed by atoms with Crippen LogP contribution in [-0.4, -0.2) is 7.11 Å². The molecule has 0 unspecified atom stereocenters. The van der Waals surface area contributed by atoms with E-state index in [1.54, 1.807) is 13.4 Å². The highest BCUT2D eigenvalue weighted by Crippen LogP contribution is 2.06. The minimum atomic E-state index is 0.590. The normalized spacial score (nSPS) is 16.9. The van der Waals surface area contributed by atoms with Gasteiger partial charge in [-0.15, -0.1) is 0 Å². The summed E-state index contributed by atoms with van der Waals surface area (Å²) in [7, 11) is 1.59. The zero-order valence-electron chi connectivity index (χ0n) is 4.76. The molecule has 1 aliphatic heterocycles. The first-order valence-electron chi connectivity index (χ1n) is 2.49. The molecule has 0 aromatic heterocycles. The van der Waals surface area contributed by atoms with Gasteiger partial charge in [0.05, 0.1) is 13.4 Å². The minimum absolute atomic E-state index is 0.590. The van der Waals surface area contributed by atoms with Crippen LogP contribution in [0.25, 0.3) is 0 Å². The number of hydrogen-bond acceptors (Lipinski definition) is 2. The lowest BCUT2D eigenvalue weighted by Gasteiger charge is -2.05. The van der Waals surface area contributed by atoms with Crippen molar-refractivity contribution in [1.29, 1.82) is 0 Å². The van der Waals surface area contributed by atoms with E-state index in [9.17, 15) is 0 Å². The van der Waals surface area contributed by atoms with Crippen molar-refractivity contribution in [2.75, 3.05) is 7.11 Å². The summed E-state index contributed by atoms with van der Waals surface area (Å²) < 4.78 is 9.66. The highest BCUT2D eigenvalue weighted by molar-refractivity contribution is 4.97. The smallest absolute Gasteiger partial charge is 0.279 e. The summed E-state index contributed by atoms with van der Waals surface area (Å²) in [6.45, 7) is 0. The van der Waals surface area contributed by atoms with Crippen molar-refractivity contribution in [3.8, 4) is 0 Å². The molecule has 0 aromatic carbocycles. The summed E-state index contributed by atoms with van der Waals surface area (Å²) in [4.78, 5) is 0. The second kappa shape index (κ2) is 2.40. The van der Waals surface area contributed by atoms with E-state index in [1.807, 2.05) is 12.2 Å². The van der Waals surface area contributed by atoms with Crippen LogP contribution in [0, 0.1) is 0 Å². The molecular formula is C6H8O2. The molecule has 0 bridgehead atoms. The number of hydrogen-bond donors (Lipinski definition) is 0. The third kappa shape index (κ3) is 1.03. The van der Waals surface area contributed by atoms with Gasteiger partial charge in [0.2, 0.25) is 0 Å². The fraction of sp³-hybridized carbons (Fsp3) is 0.333. The Balaban J connectivity index is 2.43. The molecule has 0 aromatic rings. The van der Waals surface area contributed by atoms with Crippen LogP contribution in [0.4, 0.5) is 0 Å². The lowest BCUT2D eigenvalue weighted by molar-refractivity contribution is 0.115. The van der Waals surface area contributed by atoms with Crippen molar-refractivity contribution in [1.82, 2.24) is 0 Å². The van der Waals surface area contributed by atoms with Crippen LogP contribution in [0.15, 0.2) is 24.4 Å². The maximum Gasteiger partial charge on any atom is 0.279 e. The summed E-state index contributed by atoms with van der Waals surface area (Å²) in [5.74, 6) is 0.590. The van der Waals surface area contributed by atoms with Gasteiger partial charge in [-0.3, -0.25) is 0 Å². The van der Waals surface area contributed by atoms with Crippen molar-refractivity contribution in [3.05, 3.63) is 24.4 Å². The van der Waals surface area contributed by atoms with Crippen molar-refractivity contribution >= 4 is 0 Å². The maximum absolute atomic E-state index is 4.89. The van der Waals surface area contributed by atoms with Gasteiger partial charge in [0.25, 0.3) is 5.95 Å². The van der Waals surface area contributed by atoms with Gasteiger partial charge in [0.1, 0.15) is 0 Å². The SMILES string of the molecule is COC1=CCC=CO1. The number of rotatable bonds is 1. The van der Waals surface area contributed by atoms with Crippen LogP contribution >= 0.6 is 0 Å². The largest absolute Gasteiger partial charge is 0.469 e. The summed E-state index contributed by atoms with van der Waals surface area (Å²) in [5, 5.41) is 0. The first-order chi connectivity index (χ1) is 3.93. The Morgan fingerprint density at radius 2 is 2.62 bits per heavy atom. The Kier molecular flexibility index (Phi) is 1.57. The van der Waals surface area contributed by atoms with Crippen LogP contribution in [0.3, 0.4) is 0 Å². The Hall–Kier alpha value is -0.920. The second-order valence-electron chi connectivity index (χ2n) is 1.45. The Morgan fingerprint density at radius 1 is 1.75 bits per heavy atom. The van der Waals surface area contributed by atoms with Gasteiger partial charge in [0.15, 0.2) is 0 Å².